The number of anilines is 1. The van der Waals surface area contributed by atoms with Crippen molar-refractivity contribution in [2.45, 2.75) is 18.2 Å². The van der Waals surface area contributed by atoms with Crippen LogP contribution in [0.3, 0.4) is 0 Å². The van der Waals surface area contributed by atoms with Crippen molar-refractivity contribution in [3.63, 3.8) is 0 Å². The van der Waals surface area contributed by atoms with E-state index in [1.165, 1.54) is 47.8 Å². The van der Waals surface area contributed by atoms with Gasteiger partial charge in [-0.1, -0.05) is 35.0 Å². The number of aromatic amines is 1. The Morgan fingerprint density at radius 1 is 0.778 bits per heavy atom. The number of nitrogens with zero attached hydrogens (tertiary/aromatic N) is 2. The van der Waals surface area contributed by atoms with Crippen LogP contribution in [-0.4, -0.2) is 30.9 Å². The smallest absolute Gasteiger partial charge is 0.169 e. The molecule has 0 aliphatic heterocycles. The van der Waals surface area contributed by atoms with Crippen LogP contribution in [0.1, 0.15) is 0 Å². The number of aromatic nitrogens is 1. The Kier molecular flexibility index (Phi) is 9.81. The maximum absolute atomic E-state index is 12.4. The number of thiophene rings is 1. The lowest BCUT2D eigenvalue weighted by molar-refractivity contribution is -0.377. The summed E-state index contributed by atoms with van der Waals surface area (Å²) in [4.78, 5) is 5.65. The molecule has 0 aliphatic rings. The maximum Gasteiger partial charge on any atom is 0.169 e. The van der Waals surface area contributed by atoms with Gasteiger partial charge in [0.2, 0.25) is 0 Å². The number of halogens is 2. The molecule has 0 saturated heterocycles. The molecule has 0 radical (unpaired) electrons. The van der Waals surface area contributed by atoms with Crippen LogP contribution >= 0.6 is 46.3 Å². The molecule has 2 aromatic carbocycles. The molecule has 0 unspecified atom stereocenters. The highest BCUT2D eigenvalue weighted by molar-refractivity contribution is 8.13. The molecule has 0 bridgehead atoms. The molecule has 0 spiro atoms. The van der Waals surface area contributed by atoms with Gasteiger partial charge in [-0.3, -0.25) is 0 Å². The summed E-state index contributed by atoms with van der Waals surface area (Å²) in [6.45, 7) is 0. The Bertz CT molecular complexity index is 1490. The lowest BCUT2D eigenvalue weighted by Crippen LogP contribution is -2.10. The molecule has 190 valence electrons. The van der Waals surface area contributed by atoms with E-state index in [0.29, 0.717) is 14.3 Å². The highest BCUT2D eigenvalue weighted by Gasteiger charge is 2.16. The predicted molar refractivity (Wildman–Crippen MR) is 146 cm³/mol. The second kappa shape index (κ2) is 12.4. The first-order valence-corrected chi connectivity index (χ1v) is 15.4. The molecule has 0 amide bonds. The van der Waals surface area contributed by atoms with E-state index in [1.807, 2.05) is 38.6 Å². The molecule has 0 saturated carbocycles. The van der Waals surface area contributed by atoms with E-state index in [1.54, 1.807) is 30.3 Å². The zero-order valence-electron chi connectivity index (χ0n) is 19.0. The van der Waals surface area contributed by atoms with Crippen molar-refractivity contribution in [3.8, 4) is 0 Å². The summed E-state index contributed by atoms with van der Waals surface area (Å²) in [6, 6.07) is 19.1. The average molecular weight is 603 g/mol. The zero-order chi connectivity index (χ0) is 26.3. The number of hydrogen-bond donors (Lipinski definition) is 0. The molecule has 2 aromatic heterocycles. The van der Waals surface area contributed by atoms with E-state index in [4.69, 9.17) is 23.2 Å². The summed E-state index contributed by atoms with van der Waals surface area (Å²) in [6.07, 6.45) is 3.82. The van der Waals surface area contributed by atoms with Crippen molar-refractivity contribution >= 4 is 72.0 Å². The molecular formula is C23H21Cl2N3O4S4. The fourth-order valence-electron chi connectivity index (χ4n) is 2.61. The summed E-state index contributed by atoms with van der Waals surface area (Å²) in [5, 5.41) is 0.930. The molecule has 0 aliphatic carbocycles. The standard InChI is InChI=1S/C16H10Cl2NO4S4.C7H10N2/c17-11-1-5-13(6-2-11)24-15-9-10-16(25-15)27(22,23)19-26(20,21)14-7-3-12(18)4-8-14;1-9(2)7-3-5-8-6-4-7/h1-10H;3-6H,1-2H3/q-1;/p+1. The van der Waals surface area contributed by atoms with Gasteiger partial charge in [0, 0.05) is 51.8 Å². The van der Waals surface area contributed by atoms with Gasteiger partial charge in [0.05, 0.1) is 4.21 Å². The Morgan fingerprint density at radius 3 is 1.86 bits per heavy atom. The number of H-pyrrole nitrogens is 1. The van der Waals surface area contributed by atoms with Gasteiger partial charge >= 0.3 is 0 Å². The normalized spacial score (nSPS) is 11.4. The van der Waals surface area contributed by atoms with Gasteiger partial charge in [-0.05, 0) is 60.7 Å². The average Bonchev–Trinajstić information content (AvgIpc) is 3.31. The van der Waals surface area contributed by atoms with Crippen LogP contribution in [0.25, 0.3) is 4.13 Å². The Balaban J connectivity index is 0.000000338. The number of benzene rings is 2. The number of hydrogen-bond acceptors (Lipinski definition) is 7. The van der Waals surface area contributed by atoms with Crippen LogP contribution in [0.15, 0.2) is 103 Å². The first-order chi connectivity index (χ1) is 17.0. The third-order valence-corrected chi connectivity index (χ3v) is 10.9. The fourth-order valence-corrected chi connectivity index (χ4v) is 8.21. The molecule has 0 atom stereocenters. The van der Waals surface area contributed by atoms with E-state index in [2.05, 4.69) is 14.0 Å². The molecule has 0 fully saturated rings. The van der Waals surface area contributed by atoms with Crippen molar-refractivity contribution in [3.05, 3.63) is 99.4 Å². The first-order valence-electron chi connectivity index (χ1n) is 10.1. The summed E-state index contributed by atoms with van der Waals surface area (Å²) >= 11 is 13.8. The highest BCUT2D eigenvalue weighted by Crippen LogP contribution is 2.38. The van der Waals surface area contributed by atoms with E-state index < -0.39 is 20.0 Å². The number of nitrogens with one attached hydrogen (secondary N) is 1. The van der Waals surface area contributed by atoms with Gasteiger partial charge in [-0.25, -0.2) is 21.8 Å². The van der Waals surface area contributed by atoms with E-state index in [9.17, 15) is 16.8 Å². The second-order valence-electron chi connectivity index (χ2n) is 7.26. The summed E-state index contributed by atoms with van der Waals surface area (Å²) < 4.78 is 53.0. The van der Waals surface area contributed by atoms with Crippen molar-refractivity contribution in [1.29, 1.82) is 0 Å². The first kappa shape index (κ1) is 28.5. The number of rotatable bonds is 7. The minimum absolute atomic E-state index is 0.156. The SMILES string of the molecule is CN(C)c1cc[nH+]cc1.O=S(=O)([N-]S(=O)(=O)c1ccc(Sc2ccc(Cl)cc2)s1)c1ccc(Cl)cc1. The molecule has 7 nitrogen and oxygen atoms in total. The van der Waals surface area contributed by atoms with Crippen molar-refractivity contribution < 1.29 is 21.8 Å². The van der Waals surface area contributed by atoms with Crippen LogP contribution < -0.4 is 9.88 Å². The fraction of sp³-hybridized carbons (Fsp3) is 0.0870. The number of sulfonamides is 2. The quantitative estimate of drug-likeness (QED) is 0.249. The molecule has 2 heterocycles. The van der Waals surface area contributed by atoms with Crippen LogP contribution in [0.5, 0.6) is 0 Å². The molecule has 36 heavy (non-hydrogen) atoms. The van der Waals surface area contributed by atoms with Crippen LogP contribution in [0, 0.1) is 0 Å². The van der Waals surface area contributed by atoms with Crippen LogP contribution in [0.2, 0.25) is 10.0 Å². The van der Waals surface area contributed by atoms with Gasteiger partial charge in [0.1, 0.15) is 24.3 Å². The van der Waals surface area contributed by atoms with Crippen molar-refractivity contribution in [1.82, 2.24) is 0 Å². The number of pyridine rings is 1. The van der Waals surface area contributed by atoms with Gasteiger partial charge in [0.15, 0.2) is 12.4 Å². The monoisotopic (exact) mass is 601 g/mol. The summed E-state index contributed by atoms with van der Waals surface area (Å²) in [5.41, 5.74) is 1.22. The van der Waals surface area contributed by atoms with Crippen molar-refractivity contribution in [2.75, 3.05) is 19.0 Å². The van der Waals surface area contributed by atoms with Gasteiger partial charge in [-0.2, -0.15) is 0 Å². The molecule has 4 aromatic rings. The minimum atomic E-state index is -4.37. The lowest BCUT2D eigenvalue weighted by atomic mass is 10.4. The van der Waals surface area contributed by atoms with Crippen molar-refractivity contribution in [2.24, 2.45) is 0 Å². The Morgan fingerprint density at radius 2 is 1.33 bits per heavy atom. The van der Waals surface area contributed by atoms with Crippen LogP contribution in [0.4, 0.5) is 5.69 Å². The third-order valence-electron chi connectivity index (χ3n) is 4.37. The van der Waals surface area contributed by atoms with E-state index in [0.717, 1.165) is 16.2 Å². The highest BCUT2D eigenvalue weighted by atomic mass is 35.5. The Labute approximate surface area is 229 Å². The second-order valence-corrected chi connectivity index (χ2v) is 14.3. The summed E-state index contributed by atoms with van der Waals surface area (Å²) in [5.74, 6) is 0. The van der Waals surface area contributed by atoms with Gasteiger partial charge < -0.3 is 9.03 Å². The largest absolute Gasteiger partial charge is 0.427 e. The molecule has 1 N–H and O–H groups in total. The third kappa shape index (κ3) is 8.20. The maximum atomic E-state index is 12.4. The van der Waals surface area contributed by atoms with Gasteiger partial charge in [0.25, 0.3) is 0 Å². The Hall–Kier alpha value is -2.12. The zero-order valence-corrected chi connectivity index (χ0v) is 23.8. The molecule has 4 rings (SSSR count). The van der Waals surface area contributed by atoms with Crippen LogP contribution in [-0.2, 0) is 20.0 Å². The van der Waals surface area contributed by atoms with E-state index in [-0.39, 0.29) is 9.10 Å². The predicted octanol–water partition coefficient (Wildman–Crippen LogP) is 6.22. The lowest BCUT2D eigenvalue weighted by Gasteiger charge is -2.19. The minimum Gasteiger partial charge on any atom is -0.427 e. The molecule has 13 heteroatoms. The van der Waals surface area contributed by atoms with Gasteiger partial charge in [-0.15, -0.1) is 11.3 Å². The topological polar surface area (TPSA) is 99.8 Å². The van der Waals surface area contributed by atoms with E-state index >= 15 is 0 Å². The summed E-state index contributed by atoms with van der Waals surface area (Å²) in [7, 11) is -4.69. The molecular weight excluding hydrogens is 581 g/mol.